The summed E-state index contributed by atoms with van der Waals surface area (Å²) >= 11 is 1.59. The fourth-order valence-corrected chi connectivity index (χ4v) is 2.58. The maximum Gasteiger partial charge on any atom is 0.318 e. The van der Waals surface area contributed by atoms with Crippen molar-refractivity contribution < 1.29 is 9.13 Å². The van der Waals surface area contributed by atoms with E-state index in [-0.39, 0.29) is 11.8 Å². The van der Waals surface area contributed by atoms with E-state index in [1.54, 1.807) is 11.3 Å². The Morgan fingerprint density at radius 2 is 2.04 bits per heavy atom. The van der Waals surface area contributed by atoms with E-state index in [0.717, 1.165) is 16.6 Å². The highest BCUT2D eigenvalue weighted by Crippen LogP contribution is 2.17. The third kappa shape index (κ3) is 4.26. The molecule has 1 aromatic carbocycles. The number of rotatable bonds is 6. The van der Waals surface area contributed by atoms with Crippen molar-refractivity contribution in [2.75, 3.05) is 5.32 Å². The summed E-state index contributed by atoms with van der Waals surface area (Å²) in [7, 11) is 0. The summed E-state index contributed by atoms with van der Waals surface area (Å²) in [6.07, 6.45) is 1.12. The Morgan fingerprint density at radius 3 is 2.78 bits per heavy atom. The lowest BCUT2D eigenvalue weighted by Crippen LogP contribution is -2.06. The molecule has 0 fully saturated rings. The second-order valence-electron chi connectivity index (χ2n) is 5.06. The monoisotopic (exact) mass is 329 g/mol. The van der Waals surface area contributed by atoms with E-state index < -0.39 is 5.82 Å². The molecule has 3 aromatic rings. The first kappa shape index (κ1) is 15.4. The lowest BCUT2D eigenvalue weighted by Gasteiger charge is -2.09. The van der Waals surface area contributed by atoms with Gasteiger partial charge in [-0.05, 0) is 23.9 Å². The Morgan fingerprint density at radius 1 is 1.22 bits per heavy atom. The highest BCUT2D eigenvalue weighted by atomic mass is 32.1. The summed E-state index contributed by atoms with van der Waals surface area (Å²) in [6.45, 7) is 2.89. The molecule has 0 saturated heterocycles. The van der Waals surface area contributed by atoms with Crippen LogP contribution < -0.4 is 10.1 Å². The standard InChI is InChI=1S/C17H16FN3OS/c1-12-4-6-13(7-5-12)9-19-16-15(18)10-20-17(21-16)22-11-14-3-2-8-23-14/h2-8,10H,9,11H2,1H3,(H,19,20,21). The van der Waals surface area contributed by atoms with Gasteiger partial charge >= 0.3 is 6.01 Å². The molecular formula is C17H16FN3OS. The third-order valence-corrected chi connectivity index (χ3v) is 4.08. The smallest absolute Gasteiger partial charge is 0.318 e. The normalized spacial score (nSPS) is 10.5. The van der Waals surface area contributed by atoms with Crippen molar-refractivity contribution in [3.63, 3.8) is 0 Å². The van der Waals surface area contributed by atoms with Gasteiger partial charge in [0.15, 0.2) is 11.6 Å². The van der Waals surface area contributed by atoms with Crippen LogP contribution in [0.4, 0.5) is 10.2 Å². The summed E-state index contributed by atoms with van der Waals surface area (Å²) in [6, 6.07) is 12.1. The number of aromatic nitrogens is 2. The van der Waals surface area contributed by atoms with Crippen LogP contribution in [0.15, 0.2) is 48.0 Å². The van der Waals surface area contributed by atoms with Gasteiger partial charge in [-0.15, -0.1) is 11.3 Å². The van der Waals surface area contributed by atoms with Crippen LogP contribution in [0.2, 0.25) is 0 Å². The highest BCUT2D eigenvalue weighted by molar-refractivity contribution is 7.09. The van der Waals surface area contributed by atoms with Crippen LogP contribution in [0.5, 0.6) is 6.01 Å². The molecule has 0 aliphatic rings. The molecule has 2 aromatic heterocycles. The SMILES string of the molecule is Cc1ccc(CNc2nc(OCc3cccs3)ncc2F)cc1. The second kappa shape index (κ2) is 7.19. The maximum absolute atomic E-state index is 13.8. The Kier molecular flexibility index (Phi) is 4.83. The van der Waals surface area contributed by atoms with Crippen molar-refractivity contribution in [1.82, 2.24) is 9.97 Å². The molecule has 3 rings (SSSR count). The highest BCUT2D eigenvalue weighted by Gasteiger charge is 2.08. The molecule has 0 radical (unpaired) electrons. The minimum atomic E-state index is -0.499. The molecule has 0 amide bonds. The van der Waals surface area contributed by atoms with E-state index in [2.05, 4.69) is 15.3 Å². The van der Waals surface area contributed by atoms with E-state index in [0.29, 0.717) is 13.2 Å². The van der Waals surface area contributed by atoms with Crippen molar-refractivity contribution in [2.24, 2.45) is 0 Å². The number of anilines is 1. The number of hydrogen-bond acceptors (Lipinski definition) is 5. The topological polar surface area (TPSA) is 47.0 Å². The average molecular weight is 329 g/mol. The Hall–Kier alpha value is -2.47. The van der Waals surface area contributed by atoms with Crippen molar-refractivity contribution in [2.45, 2.75) is 20.1 Å². The summed E-state index contributed by atoms with van der Waals surface area (Å²) in [5.41, 5.74) is 2.24. The fraction of sp³-hybridized carbons (Fsp3) is 0.176. The van der Waals surface area contributed by atoms with E-state index in [4.69, 9.17) is 4.74 Å². The number of thiophene rings is 1. The largest absolute Gasteiger partial charge is 0.458 e. The van der Waals surface area contributed by atoms with Gasteiger partial charge in [0.05, 0.1) is 6.20 Å². The molecule has 0 saturated carbocycles. The molecule has 2 heterocycles. The van der Waals surface area contributed by atoms with Gasteiger partial charge in [0, 0.05) is 11.4 Å². The molecular weight excluding hydrogens is 313 g/mol. The molecule has 118 valence electrons. The number of nitrogens with one attached hydrogen (secondary N) is 1. The quantitative estimate of drug-likeness (QED) is 0.737. The summed E-state index contributed by atoms with van der Waals surface area (Å²) in [4.78, 5) is 9.01. The van der Waals surface area contributed by atoms with Crippen LogP contribution in [0.3, 0.4) is 0 Å². The summed E-state index contributed by atoms with van der Waals surface area (Å²) in [5.74, 6) is -0.359. The van der Waals surface area contributed by atoms with E-state index in [1.807, 2.05) is 48.7 Å². The lowest BCUT2D eigenvalue weighted by molar-refractivity contribution is 0.283. The maximum atomic E-state index is 13.8. The van der Waals surface area contributed by atoms with Gasteiger partial charge < -0.3 is 10.1 Å². The molecule has 0 aliphatic carbocycles. The van der Waals surface area contributed by atoms with Crippen molar-refractivity contribution in [3.8, 4) is 6.01 Å². The third-order valence-electron chi connectivity index (χ3n) is 3.23. The van der Waals surface area contributed by atoms with Crippen LogP contribution >= 0.6 is 11.3 Å². The minimum Gasteiger partial charge on any atom is -0.458 e. The van der Waals surface area contributed by atoms with Crippen LogP contribution in [0.25, 0.3) is 0 Å². The van der Waals surface area contributed by atoms with Gasteiger partial charge in [-0.2, -0.15) is 4.98 Å². The summed E-state index contributed by atoms with van der Waals surface area (Å²) < 4.78 is 19.3. The number of nitrogens with zero attached hydrogens (tertiary/aromatic N) is 2. The van der Waals surface area contributed by atoms with Gasteiger partial charge in [-0.25, -0.2) is 9.37 Å². The second-order valence-corrected chi connectivity index (χ2v) is 6.09. The van der Waals surface area contributed by atoms with Crippen LogP contribution in [0, 0.1) is 12.7 Å². The zero-order valence-electron chi connectivity index (χ0n) is 12.6. The molecule has 0 bridgehead atoms. The first-order valence-corrected chi connectivity index (χ1v) is 8.06. The van der Waals surface area contributed by atoms with E-state index in [1.165, 1.54) is 5.56 Å². The Bertz CT molecular complexity index is 760. The zero-order valence-corrected chi connectivity index (χ0v) is 13.4. The Labute approximate surface area is 138 Å². The number of benzene rings is 1. The first-order chi connectivity index (χ1) is 11.2. The lowest BCUT2D eigenvalue weighted by atomic mass is 10.1. The average Bonchev–Trinajstić information content (AvgIpc) is 3.08. The molecule has 4 nitrogen and oxygen atoms in total. The van der Waals surface area contributed by atoms with Crippen molar-refractivity contribution in [1.29, 1.82) is 0 Å². The fourth-order valence-electron chi connectivity index (χ4n) is 1.97. The van der Waals surface area contributed by atoms with Crippen molar-refractivity contribution in [3.05, 3.63) is 69.8 Å². The molecule has 0 unspecified atom stereocenters. The van der Waals surface area contributed by atoms with Crippen LogP contribution in [-0.2, 0) is 13.2 Å². The molecule has 1 N–H and O–H groups in total. The van der Waals surface area contributed by atoms with Crippen molar-refractivity contribution >= 4 is 17.2 Å². The molecule has 0 atom stereocenters. The van der Waals surface area contributed by atoms with Gasteiger partial charge in [0.25, 0.3) is 0 Å². The first-order valence-electron chi connectivity index (χ1n) is 7.18. The molecule has 6 heteroatoms. The van der Waals surface area contributed by atoms with Gasteiger partial charge in [0.2, 0.25) is 0 Å². The van der Waals surface area contributed by atoms with Gasteiger partial charge in [-0.1, -0.05) is 35.9 Å². The van der Waals surface area contributed by atoms with E-state index in [9.17, 15) is 4.39 Å². The number of ether oxygens (including phenoxy) is 1. The summed E-state index contributed by atoms with van der Waals surface area (Å²) in [5, 5.41) is 4.95. The minimum absolute atomic E-state index is 0.141. The van der Waals surface area contributed by atoms with Gasteiger partial charge in [-0.3, -0.25) is 0 Å². The zero-order chi connectivity index (χ0) is 16.1. The predicted molar refractivity (Wildman–Crippen MR) is 89.1 cm³/mol. The number of hydrogen-bond donors (Lipinski definition) is 1. The Balaban J connectivity index is 1.64. The van der Waals surface area contributed by atoms with Gasteiger partial charge in [0.1, 0.15) is 6.61 Å². The molecule has 0 aliphatic heterocycles. The number of aryl methyl sites for hydroxylation is 1. The van der Waals surface area contributed by atoms with E-state index >= 15 is 0 Å². The van der Waals surface area contributed by atoms with Crippen LogP contribution in [-0.4, -0.2) is 9.97 Å². The predicted octanol–water partition coefficient (Wildman–Crippen LogP) is 4.18. The molecule has 0 spiro atoms. The van der Waals surface area contributed by atoms with Crippen LogP contribution in [0.1, 0.15) is 16.0 Å². The number of halogens is 1. The molecule has 23 heavy (non-hydrogen) atoms.